The van der Waals surface area contributed by atoms with E-state index in [1.165, 1.54) is 41.9 Å². The van der Waals surface area contributed by atoms with Crippen molar-refractivity contribution in [2.75, 3.05) is 13.1 Å². The highest BCUT2D eigenvalue weighted by Gasteiger charge is 1.97. The van der Waals surface area contributed by atoms with Crippen molar-refractivity contribution in [3.05, 3.63) is 21.9 Å². The molecule has 0 aliphatic carbocycles. The molecule has 17 heavy (non-hydrogen) atoms. The standard InChI is InChI=1S/C14H26N2S/c1-2-13-8-9-14(17-13)12-16-11-7-5-3-4-6-10-15/h8-9,16H,2-7,10-12,15H2,1H3. The Labute approximate surface area is 110 Å². The van der Waals surface area contributed by atoms with Crippen molar-refractivity contribution in [1.82, 2.24) is 5.32 Å². The lowest BCUT2D eigenvalue weighted by Crippen LogP contribution is -2.13. The van der Waals surface area contributed by atoms with Crippen molar-refractivity contribution in [3.8, 4) is 0 Å². The lowest BCUT2D eigenvalue weighted by atomic mass is 10.1. The van der Waals surface area contributed by atoms with Crippen molar-refractivity contribution >= 4 is 11.3 Å². The number of hydrogen-bond acceptors (Lipinski definition) is 3. The quantitative estimate of drug-likeness (QED) is 0.629. The van der Waals surface area contributed by atoms with Crippen LogP contribution in [0, 0.1) is 0 Å². The Bertz CT molecular complexity index is 284. The monoisotopic (exact) mass is 254 g/mol. The summed E-state index contributed by atoms with van der Waals surface area (Å²) in [6.45, 7) is 5.23. The fraction of sp³-hybridized carbons (Fsp3) is 0.714. The minimum absolute atomic E-state index is 0.844. The molecule has 1 aromatic rings. The first-order valence-electron chi connectivity index (χ1n) is 6.85. The molecule has 1 aromatic heterocycles. The number of rotatable bonds is 10. The van der Waals surface area contributed by atoms with Gasteiger partial charge in [0.05, 0.1) is 0 Å². The third-order valence-electron chi connectivity index (χ3n) is 2.92. The number of nitrogens with one attached hydrogen (secondary N) is 1. The van der Waals surface area contributed by atoms with E-state index in [1.807, 2.05) is 11.3 Å². The molecule has 2 nitrogen and oxygen atoms in total. The molecule has 0 aliphatic heterocycles. The largest absolute Gasteiger partial charge is 0.330 e. The van der Waals surface area contributed by atoms with Gasteiger partial charge in [-0.3, -0.25) is 0 Å². The van der Waals surface area contributed by atoms with E-state index < -0.39 is 0 Å². The molecule has 0 amide bonds. The number of nitrogens with two attached hydrogens (primary N) is 1. The Morgan fingerprint density at radius 2 is 1.76 bits per heavy atom. The minimum Gasteiger partial charge on any atom is -0.330 e. The smallest absolute Gasteiger partial charge is 0.0299 e. The summed E-state index contributed by atoms with van der Waals surface area (Å²) in [6.07, 6.45) is 7.58. The van der Waals surface area contributed by atoms with E-state index in [0.717, 1.165) is 26.1 Å². The Morgan fingerprint density at radius 3 is 2.47 bits per heavy atom. The normalized spacial score (nSPS) is 10.9. The maximum absolute atomic E-state index is 5.46. The summed E-state index contributed by atoms with van der Waals surface area (Å²) in [5.74, 6) is 0. The molecule has 0 saturated heterocycles. The van der Waals surface area contributed by atoms with Gasteiger partial charge in [0.1, 0.15) is 0 Å². The van der Waals surface area contributed by atoms with Crippen LogP contribution in [0.4, 0.5) is 0 Å². The van der Waals surface area contributed by atoms with Gasteiger partial charge < -0.3 is 11.1 Å². The van der Waals surface area contributed by atoms with Crippen LogP contribution in [-0.4, -0.2) is 13.1 Å². The lowest BCUT2D eigenvalue weighted by Gasteiger charge is -2.03. The zero-order valence-corrected chi connectivity index (χ0v) is 11.8. The van der Waals surface area contributed by atoms with Crippen LogP contribution in [0.3, 0.4) is 0 Å². The second-order valence-corrected chi connectivity index (χ2v) is 5.71. The molecule has 0 spiro atoms. The van der Waals surface area contributed by atoms with Crippen LogP contribution < -0.4 is 11.1 Å². The Hall–Kier alpha value is -0.380. The summed E-state index contributed by atoms with van der Waals surface area (Å²) in [4.78, 5) is 2.95. The van der Waals surface area contributed by atoms with Crippen molar-refractivity contribution in [3.63, 3.8) is 0 Å². The molecule has 0 aliphatic rings. The predicted molar refractivity (Wildman–Crippen MR) is 77.5 cm³/mol. The highest BCUT2D eigenvalue weighted by Crippen LogP contribution is 2.16. The molecule has 0 radical (unpaired) electrons. The van der Waals surface area contributed by atoms with E-state index in [9.17, 15) is 0 Å². The van der Waals surface area contributed by atoms with E-state index >= 15 is 0 Å². The molecular weight excluding hydrogens is 228 g/mol. The first kappa shape index (κ1) is 14.7. The molecule has 98 valence electrons. The van der Waals surface area contributed by atoms with Crippen LogP contribution in [0.1, 0.15) is 48.8 Å². The van der Waals surface area contributed by atoms with E-state index in [-0.39, 0.29) is 0 Å². The van der Waals surface area contributed by atoms with E-state index in [4.69, 9.17) is 5.73 Å². The van der Waals surface area contributed by atoms with Crippen LogP contribution in [0.15, 0.2) is 12.1 Å². The molecule has 0 atom stereocenters. The van der Waals surface area contributed by atoms with Gasteiger partial charge >= 0.3 is 0 Å². The molecular formula is C14H26N2S. The van der Waals surface area contributed by atoms with Crippen LogP contribution in [-0.2, 0) is 13.0 Å². The summed E-state index contributed by atoms with van der Waals surface area (Å²) in [7, 11) is 0. The second kappa shape index (κ2) is 9.63. The zero-order chi connectivity index (χ0) is 12.3. The molecule has 0 bridgehead atoms. The van der Waals surface area contributed by atoms with Gasteiger partial charge in [-0.2, -0.15) is 0 Å². The van der Waals surface area contributed by atoms with Crippen LogP contribution in [0.2, 0.25) is 0 Å². The Kier molecular flexibility index (Phi) is 8.32. The average molecular weight is 254 g/mol. The van der Waals surface area contributed by atoms with Gasteiger partial charge in [-0.15, -0.1) is 11.3 Å². The first-order chi connectivity index (χ1) is 8.36. The number of unbranched alkanes of at least 4 members (excludes halogenated alkanes) is 4. The Balaban J connectivity index is 1.93. The van der Waals surface area contributed by atoms with Crippen molar-refractivity contribution in [1.29, 1.82) is 0 Å². The van der Waals surface area contributed by atoms with Gasteiger partial charge in [-0.25, -0.2) is 0 Å². The average Bonchev–Trinajstić information content (AvgIpc) is 2.80. The van der Waals surface area contributed by atoms with Crippen LogP contribution in [0.5, 0.6) is 0 Å². The maximum atomic E-state index is 5.46. The summed E-state index contributed by atoms with van der Waals surface area (Å²) in [6, 6.07) is 4.49. The molecule has 1 rings (SSSR count). The zero-order valence-electron chi connectivity index (χ0n) is 11.0. The van der Waals surface area contributed by atoms with Gasteiger partial charge in [0, 0.05) is 16.3 Å². The number of aryl methyl sites for hydroxylation is 1. The third kappa shape index (κ3) is 6.81. The molecule has 0 saturated carbocycles. The SMILES string of the molecule is CCc1ccc(CNCCCCCCCN)s1. The number of thiophene rings is 1. The van der Waals surface area contributed by atoms with Gasteiger partial charge in [-0.05, 0) is 44.5 Å². The van der Waals surface area contributed by atoms with Gasteiger partial charge in [0.2, 0.25) is 0 Å². The molecule has 0 aromatic carbocycles. The molecule has 3 N–H and O–H groups in total. The van der Waals surface area contributed by atoms with Crippen LogP contribution >= 0.6 is 11.3 Å². The third-order valence-corrected chi connectivity index (χ3v) is 4.15. The first-order valence-corrected chi connectivity index (χ1v) is 7.66. The minimum atomic E-state index is 0.844. The molecule has 0 fully saturated rings. The number of hydrogen-bond donors (Lipinski definition) is 2. The topological polar surface area (TPSA) is 38.0 Å². The van der Waals surface area contributed by atoms with Gasteiger partial charge in [-0.1, -0.05) is 26.2 Å². The van der Waals surface area contributed by atoms with Crippen LogP contribution in [0.25, 0.3) is 0 Å². The van der Waals surface area contributed by atoms with Gasteiger partial charge in [0.15, 0.2) is 0 Å². The maximum Gasteiger partial charge on any atom is 0.0299 e. The van der Waals surface area contributed by atoms with Gasteiger partial charge in [0.25, 0.3) is 0 Å². The fourth-order valence-electron chi connectivity index (χ4n) is 1.84. The molecule has 3 heteroatoms. The summed E-state index contributed by atoms with van der Waals surface area (Å²) < 4.78 is 0. The van der Waals surface area contributed by atoms with E-state index in [2.05, 4.69) is 24.4 Å². The fourth-order valence-corrected chi connectivity index (χ4v) is 2.77. The van der Waals surface area contributed by atoms with Crippen molar-refractivity contribution in [2.45, 2.75) is 52.0 Å². The van der Waals surface area contributed by atoms with E-state index in [0.29, 0.717) is 0 Å². The second-order valence-electron chi connectivity index (χ2n) is 4.45. The molecule has 1 heterocycles. The summed E-state index contributed by atoms with van der Waals surface area (Å²) >= 11 is 1.93. The van der Waals surface area contributed by atoms with E-state index in [1.54, 1.807) is 0 Å². The Morgan fingerprint density at radius 1 is 1.06 bits per heavy atom. The summed E-state index contributed by atoms with van der Waals surface area (Å²) in [5.41, 5.74) is 5.46. The highest BCUT2D eigenvalue weighted by atomic mass is 32.1. The summed E-state index contributed by atoms with van der Waals surface area (Å²) in [5, 5.41) is 3.52. The van der Waals surface area contributed by atoms with Crippen molar-refractivity contribution < 1.29 is 0 Å². The highest BCUT2D eigenvalue weighted by molar-refractivity contribution is 7.11. The van der Waals surface area contributed by atoms with Crippen molar-refractivity contribution in [2.24, 2.45) is 5.73 Å². The predicted octanol–water partition coefficient (Wildman–Crippen LogP) is 3.31. The lowest BCUT2D eigenvalue weighted by molar-refractivity contribution is 0.579. The molecule has 0 unspecified atom stereocenters.